The summed E-state index contributed by atoms with van der Waals surface area (Å²) in [6.07, 6.45) is 1.18. The number of benzene rings is 1. The highest BCUT2D eigenvalue weighted by Crippen LogP contribution is 2.21. The van der Waals surface area contributed by atoms with Crippen LogP contribution >= 0.6 is 0 Å². The van der Waals surface area contributed by atoms with Crippen LogP contribution in [-0.4, -0.2) is 34.6 Å². The van der Waals surface area contributed by atoms with Gasteiger partial charge in [0.25, 0.3) is 5.91 Å². The second kappa shape index (κ2) is 4.75. The SMILES string of the molecule is CC1CCC(O)CN1C(=O)c1ccccc1N. The van der Waals surface area contributed by atoms with Gasteiger partial charge >= 0.3 is 0 Å². The molecule has 17 heavy (non-hydrogen) atoms. The molecule has 1 amide bonds. The van der Waals surface area contributed by atoms with Crippen molar-refractivity contribution in [2.75, 3.05) is 12.3 Å². The lowest BCUT2D eigenvalue weighted by atomic mass is 10.00. The number of aliphatic hydroxyl groups is 1. The summed E-state index contributed by atoms with van der Waals surface area (Å²) >= 11 is 0. The number of nitrogen functional groups attached to an aromatic ring is 1. The van der Waals surface area contributed by atoms with E-state index in [2.05, 4.69) is 0 Å². The third kappa shape index (κ3) is 2.42. The minimum atomic E-state index is -0.417. The molecule has 0 aliphatic carbocycles. The van der Waals surface area contributed by atoms with E-state index in [9.17, 15) is 9.90 Å². The number of rotatable bonds is 1. The van der Waals surface area contributed by atoms with Gasteiger partial charge in [-0.3, -0.25) is 4.79 Å². The van der Waals surface area contributed by atoms with Gasteiger partial charge in [-0.25, -0.2) is 0 Å². The summed E-state index contributed by atoms with van der Waals surface area (Å²) in [7, 11) is 0. The van der Waals surface area contributed by atoms with E-state index in [0.717, 1.165) is 12.8 Å². The van der Waals surface area contributed by atoms with Crippen LogP contribution in [0.15, 0.2) is 24.3 Å². The van der Waals surface area contributed by atoms with Gasteiger partial charge in [0.05, 0.1) is 11.7 Å². The molecule has 1 heterocycles. The van der Waals surface area contributed by atoms with Crippen molar-refractivity contribution in [1.82, 2.24) is 4.90 Å². The summed E-state index contributed by atoms with van der Waals surface area (Å²) in [5.74, 6) is -0.0886. The number of hydrogen-bond acceptors (Lipinski definition) is 3. The van der Waals surface area contributed by atoms with Crippen LogP contribution in [0.3, 0.4) is 0 Å². The molecule has 1 aromatic carbocycles. The summed E-state index contributed by atoms with van der Waals surface area (Å²) in [5.41, 5.74) is 6.81. The molecule has 2 atom stereocenters. The molecule has 1 aliphatic heterocycles. The zero-order valence-electron chi connectivity index (χ0n) is 9.97. The summed E-state index contributed by atoms with van der Waals surface area (Å²) in [5, 5.41) is 9.64. The van der Waals surface area contributed by atoms with Crippen molar-refractivity contribution in [3.8, 4) is 0 Å². The first kappa shape index (κ1) is 11.9. The van der Waals surface area contributed by atoms with Crippen molar-refractivity contribution in [2.45, 2.75) is 31.9 Å². The lowest BCUT2D eigenvalue weighted by Gasteiger charge is -2.36. The monoisotopic (exact) mass is 234 g/mol. The second-order valence-electron chi connectivity index (χ2n) is 4.62. The lowest BCUT2D eigenvalue weighted by Crippen LogP contribution is -2.47. The van der Waals surface area contributed by atoms with E-state index in [4.69, 9.17) is 5.73 Å². The fourth-order valence-electron chi connectivity index (χ4n) is 2.22. The van der Waals surface area contributed by atoms with Crippen LogP contribution in [-0.2, 0) is 0 Å². The van der Waals surface area contributed by atoms with E-state index in [0.29, 0.717) is 17.8 Å². The molecule has 2 rings (SSSR count). The smallest absolute Gasteiger partial charge is 0.256 e. The van der Waals surface area contributed by atoms with E-state index in [1.807, 2.05) is 6.92 Å². The van der Waals surface area contributed by atoms with Crippen molar-refractivity contribution >= 4 is 11.6 Å². The molecule has 1 aromatic rings. The molecule has 1 aliphatic rings. The van der Waals surface area contributed by atoms with Gasteiger partial charge in [0.1, 0.15) is 0 Å². The number of hydrogen-bond donors (Lipinski definition) is 2. The average Bonchev–Trinajstić information content (AvgIpc) is 2.32. The number of para-hydroxylation sites is 1. The van der Waals surface area contributed by atoms with E-state index in [-0.39, 0.29) is 11.9 Å². The number of carbonyl (C=O) groups excluding carboxylic acids is 1. The molecule has 0 aromatic heterocycles. The molecule has 4 heteroatoms. The van der Waals surface area contributed by atoms with Crippen LogP contribution in [0.4, 0.5) is 5.69 Å². The third-order valence-corrected chi connectivity index (χ3v) is 3.31. The Morgan fingerprint density at radius 2 is 2.12 bits per heavy atom. The number of β-amino-alcohol motifs (C(OH)–C–C–N with tert-alkyl or cyclic N) is 1. The molecule has 2 unspecified atom stereocenters. The maximum atomic E-state index is 12.3. The molecule has 0 bridgehead atoms. The quantitative estimate of drug-likeness (QED) is 0.719. The zero-order chi connectivity index (χ0) is 12.4. The van der Waals surface area contributed by atoms with Gasteiger partial charge in [-0.05, 0) is 31.9 Å². The average molecular weight is 234 g/mol. The fourth-order valence-corrected chi connectivity index (χ4v) is 2.22. The van der Waals surface area contributed by atoms with E-state index in [1.54, 1.807) is 29.2 Å². The van der Waals surface area contributed by atoms with Crippen molar-refractivity contribution in [1.29, 1.82) is 0 Å². The Hall–Kier alpha value is -1.55. The predicted molar refractivity (Wildman–Crippen MR) is 66.6 cm³/mol. The normalized spacial score (nSPS) is 24.7. The van der Waals surface area contributed by atoms with E-state index in [1.165, 1.54) is 0 Å². The van der Waals surface area contributed by atoms with Crippen LogP contribution in [0, 0.1) is 0 Å². The van der Waals surface area contributed by atoms with Gasteiger partial charge in [-0.2, -0.15) is 0 Å². The number of likely N-dealkylation sites (tertiary alicyclic amines) is 1. The van der Waals surface area contributed by atoms with Crippen molar-refractivity contribution in [3.63, 3.8) is 0 Å². The molecule has 0 radical (unpaired) electrons. The fraction of sp³-hybridized carbons (Fsp3) is 0.462. The summed E-state index contributed by atoms with van der Waals surface area (Å²) < 4.78 is 0. The number of carbonyl (C=O) groups is 1. The molecule has 4 nitrogen and oxygen atoms in total. The van der Waals surface area contributed by atoms with Crippen LogP contribution in [0.2, 0.25) is 0 Å². The van der Waals surface area contributed by atoms with Crippen LogP contribution in [0.1, 0.15) is 30.1 Å². The minimum absolute atomic E-state index is 0.0886. The number of piperidine rings is 1. The molecular formula is C13H18N2O2. The van der Waals surface area contributed by atoms with Crippen molar-refractivity contribution in [2.24, 2.45) is 0 Å². The summed E-state index contributed by atoms with van der Waals surface area (Å²) in [6, 6.07) is 7.21. The molecule has 1 fully saturated rings. The van der Waals surface area contributed by atoms with Gasteiger partial charge in [-0.1, -0.05) is 12.1 Å². The minimum Gasteiger partial charge on any atom is -0.398 e. The highest BCUT2D eigenvalue weighted by Gasteiger charge is 2.29. The zero-order valence-corrected chi connectivity index (χ0v) is 9.97. The van der Waals surface area contributed by atoms with Crippen molar-refractivity contribution in [3.05, 3.63) is 29.8 Å². The molecule has 1 saturated heterocycles. The molecule has 0 saturated carbocycles. The number of anilines is 1. The lowest BCUT2D eigenvalue weighted by molar-refractivity contribution is 0.0310. The van der Waals surface area contributed by atoms with Crippen LogP contribution in [0.25, 0.3) is 0 Å². The highest BCUT2D eigenvalue weighted by molar-refractivity contribution is 5.99. The van der Waals surface area contributed by atoms with Gasteiger partial charge in [0, 0.05) is 18.3 Å². The van der Waals surface area contributed by atoms with E-state index < -0.39 is 6.10 Å². The predicted octanol–water partition coefficient (Wildman–Crippen LogP) is 1.25. The standard InChI is InChI=1S/C13H18N2O2/c1-9-6-7-10(16)8-15(9)13(17)11-4-2-3-5-12(11)14/h2-5,9-10,16H,6-8,14H2,1H3. The maximum absolute atomic E-state index is 12.3. The van der Waals surface area contributed by atoms with Crippen molar-refractivity contribution < 1.29 is 9.90 Å². The molecule has 0 spiro atoms. The Labute approximate surface area is 101 Å². The van der Waals surface area contributed by atoms with Crippen LogP contribution < -0.4 is 5.73 Å². The Morgan fingerprint density at radius 3 is 2.82 bits per heavy atom. The number of nitrogens with two attached hydrogens (primary N) is 1. The van der Waals surface area contributed by atoms with Gasteiger partial charge < -0.3 is 15.7 Å². The largest absolute Gasteiger partial charge is 0.398 e. The topological polar surface area (TPSA) is 66.6 Å². The number of aliphatic hydroxyl groups excluding tert-OH is 1. The first-order valence-corrected chi connectivity index (χ1v) is 5.93. The first-order chi connectivity index (χ1) is 8.09. The second-order valence-corrected chi connectivity index (χ2v) is 4.62. The Morgan fingerprint density at radius 1 is 1.41 bits per heavy atom. The van der Waals surface area contributed by atoms with Gasteiger partial charge in [-0.15, -0.1) is 0 Å². The maximum Gasteiger partial charge on any atom is 0.256 e. The summed E-state index contributed by atoms with van der Waals surface area (Å²) in [4.78, 5) is 14.0. The Balaban J connectivity index is 2.22. The first-order valence-electron chi connectivity index (χ1n) is 5.93. The van der Waals surface area contributed by atoms with Crippen LogP contribution in [0.5, 0.6) is 0 Å². The summed E-state index contributed by atoms with van der Waals surface area (Å²) in [6.45, 7) is 2.40. The van der Waals surface area contributed by atoms with Gasteiger partial charge in [0.2, 0.25) is 0 Å². The Kier molecular flexibility index (Phi) is 3.33. The number of amides is 1. The molecular weight excluding hydrogens is 216 g/mol. The third-order valence-electron chi connectivity index (χ3n) is 3.31. The highest BCUT2D eigenvalue weighted by atomic mass is 16.3. The molecule has 3 N–H and O–H groups in total. The van der Waals surface area contributed by atoms with Gasteiger partial charge in [0.15, 0.2) is 0 Å². The van der Waals surface area contributed by atoms with E-state index >= 15 is 0 Å². The number of nitrogens with zero attached hydrogens (tertiary/aromatic N) is 1. The molecule has 92 valence electrons. The Bertz CT molecular complexity index is 420.